The molecule has 5 nitrogen and oxygen atoms in total. The van der Waals surface area contributed by atoms with Gasteiger partial charge in [-0.1, -0.05) is 24.3 Å². The van der Waals surface area contributed by atoms with E-state index in [9.17, 15) is 8.42 Å². The van der Waals surface area contributed by atoms with Crippen molar-refractivity contribution < 1.29 is 8.42 Å². The zero-order chi connectivity index (χ0) is 18.7. The Morgan fingerprint density at radius 3 is 2.78 bits per heavy atom. The van der Waals surface area contributed by atoms with Crippen LogP contribution in [0.15, 0.2) is 29.3 Å². The van der Waals surface area contributed by atoms with Gasteiger partial charge in [0.2, 0.25) is 0 Å². The highest BCUT2D eigenvalue weighted by atomic mass is 127. The van der Waals surface area contributed by atoms with Gasteiger partial charge in [0, 0.05) is 25.4 Å². The van der Waals surface area contributed by atoms with Crippen LogP contribution in [-0.2, 0) is 16.3 Å². The molecular weight excluding hydrogens is 473 g/mol. The molecule has 2 N–H and O–H groups in total. The largest absolute Gasteiger partial charge is 0.357 e. The van der Waals surface area contributed by atoms with Crippen molar-refractivity contribution in [3.63, 3.8) is 0 Å². The number of sulfone groups is 1. The molecule has 1 saturated carbocycles. The van der Waals surface area contributed by atoms with Crippen molar-refractivity contribution >= 4 is 39.8 Å². The molecule has 0 spiro atoms. The van der Waals surface area contributed by atoms with Gasteiger partial charge in [-0.25, -0.2) is 8.42 Å². The molecule has 4 unspecified atom stereocenters. The Balaban J connectivity index is 0.00000261. The van der Waals surface area contributed by atoms with Crippen LogP contribution >= 0.6 is 24.0 Å². The molecule has 7 heteroatoms. The Hall–Kier alpha value is -0.830. The molecular formula is C20H32IN3O2S. The number of nitrogens with zero attached hydrogens (tertiary/aromatic N) is 1. The summed E-state index contributed by atoms with van der Waals surface area (Å²) >= 11 is 0. The second-order valence-electron chi connectivity index (χ2n) is 7.77. The first-order valence-electron chi connectivity index (χ1n) is 9.69. The van der Waals surface area contributed by atoms with Gasteiger partial charge >= 0.3 is 0 Å². The molecule has 1 fully saturated rings. The fraction of sp³-hybridized carbons (Fsp3) is 0.650. The topological polar surface area (TPSA) is 70.6 Å². The van der Waals surface area contributed by atoms with E-state index in [1.165, 1.54) is 30.2 Å². The molecule has 0 bridgehead atoms. The van der Waals surface area contributed by atoms with Gasteiger partial charge in [-0.05, 0) is 62.0 Å². The van der Waals surface area contributed by atoms with Gasteiger partial charge in [0.25, 0.3) is 0 Å². The van der Waals surface area contributed by atoms with Crippen molar-refractivity contribution in [3.8, 4) is 0 Å². The van der Waals surface area contributed by atoms with Crippen molar-refractivity contribution in [2.75, 3.05) is 25.1 Å². The second kappa shape index (κ2) is 9.58. The SMILES string of the molecule is CCNC(=NCC1C2CCc3ccccc3C21)NC(C)CCS(C)(=O)=O.I. The summed E-state index contributed by atoms with van der Waals surface area (Å²) in [6, 6.07) is 8.91. The first-order chi connectivity index (χ1) is 12.4. The normalized spacial score (nSPS) is 24.9. The van der Waals surface area contributed by atoms with E-state index < -0.39 is 9.84 Å². The van der Waals surface area contributed by atoms with E-state index >= 15 is 0 Å². The number of rotatable bonds is 7. The smallest absolute Gasteiger partial charge is 0.191 e. The van der Waals surface area contributed by atoms with Crippen molar-refractivity contribution in [1.82, 2.24) is 10.6 Å². The number of nitrogens with one attached hydrogen (secondary N) is 2. The van der Waals surface area contributed by atoms with Crippen molar-refractivity contribution in [3.05, 3.63) is 35.4 Å². The summed E-state index contributed by atoms with van der Waals surface area (Å²) in [7, 11) is -2.93. The van der Waals surface area contributed by atoms with Crippen LogP contribution in [0.4, 0.5) is 0 Å². The quantitative estimate of drug-likeness (QED) is 0.340. The third kappa shape index (κ3) is 6.07. The van der Waals surface area contributed by atoms with Crippen LogP contribution in [0, 0.1) is 11.8 Å². The first kappa shape index (κ1) is 22.5. The second-order valence-corrected chi connectivity index (χ2v) is 10.0. The van der Waals surface area contributed by atoms with E-state index in [1.54, 1.807) is 0 Å². The summed E-state index contributed by atoms with van der Waals surface area (Å²) in [5, 5.41) is 6.63. The van der Waals surface area contributed by atoms with Crippen LogP contribution in [0.3, 0.4) is 0 Å². The first-order valence-corrected chi connectivity index (χ1v) is 11.8. The molecule has 27 heavy (non-hydrogen) atoms. The van der Waals surface area contributed by atoms with Crippen LogP contribution in [-0.4, -0.2) is 45.5 Å². The number of benzene rings is 1. The van der Waals surface area contributed by atoms with E-state index in [1.807, 2.05) is 13.8 Å². The molecule has 0 heterocycles. The molecule has 0 amide bonds. The minimum Gasteiger partial charge on any atom is -0.357 e. The highest BCUT2D eigenvalue weighted by Gasteiger charge is 2.52. The van der Waals surface area contributed by atoms with Crippen molar-refractivity contribution in [1.29, 1.82) is 0 Å². The standard InChI is InChI=1S/C20H31N3O2S.HI/c1-4-21-20(23-14(2)11-12-26(3,24)25)22-13-18-17-10-9-15-7-5-6-8-16(15)19(17)18;/h5-8,14,17-19H,4,9-13H2,1-3H3,(H2,21,22,23);1H. The molecule has 2 aliphatic carbocycles. The lowest BCUT2D eigenvalue weighted by molar-refractivity contribution is 0.580. The molecule has 0 saturated heterocycles. The number of hydrogen-bond acceptors (Lipinski definition) is 3. The predicted octanol–water partition coefficient (Wildman–Crippen LogP) is 2.96. The number of aliphatic imine (C=N–C) groups is 1. The summed E-state index contributed by atoms with van der Waals surface area (Å²) in [5.41, 5.74) is 3.04. The number of fused-ring (bicyclic) bond motifs is 3. The molecule has 1 aromatic carbocycles. The van der Waals surface area contributed by atoms with Crippen LogP contribution in [0.2, 0.25) is 0 Å². The van der Waals surface area contributed by atoms with E-state index in [4.69, 9.17) is 4.99 Å². The van der Waals surface area contributed by atoms with E-state index in [2.05, 4.69) is 34.9 Å². The van der Waals surface area contributed by atoms with Gasteiger partial charge in [0.1, 0.15) is 9.84 Å². The van der Waals surface area contributed by atoms with Crippen LogP contribution in [0.25, 0.3) is 0 Å². The molecule has 152 valence electrons. The van der Waals surface area contributed by atoms with Gasteiger partial charge < -0.3 is 10.6 Å². The Kier molecular flexibility index (Phi) is 7.97. The molecule has 3 rings (SSSR count). The molecule has 0 aromatic heterocycles. The van der Waals surface area contributed by atoms with Crippen molar-refractivity contribution in [2.45, 2.75) is 45.1 Å². The zero-order valence-electron chi connectivity index (χ0n) is 16.4. The van der Waals surface area contributed by atoms with E-state index in [-0.39, 0.29) is 35.8 Å². The molecule has 2 aliphatic rings. The minimum atomic E-state index is -2.93. The van der Waals surface area contributed by atoms with E-state index in [0.717, 1.165) is 25.0 Å². The molecule has 4 atom stereocenters. The Labute approximate surface area is 180 Å². The maximum atomic E-state index is 11.3. The van der Waals surface area contributed by atoms with Crippen LogP contribution in [0.1, 0.15) is 43.7 Å². The Morgan fingerprint density at radius 1 is 1.33 bits per heavy atom. The third-order valence-corrected chi connectivity index (χ3v) is 6.58. The van der Waals surface area contributed by atoms with Gasteiger partial charge in [0.15, 0.2) is 5.96 Å². The fourth-order valence-corrected chi connectivity index (χ4v) is 4.95. The zero-order valence-corrected chi connectivity index (χ0v) is 19.6. The lowest BCUT2D eigenvalue weighted by atomic mass is 9.92. The molecule has 1 aromatic rings. The summed E-state index contributed by atoms with van der Waals surface area (Å²) in [4.78, 5) is 4.80. The van der Waals surface area contributed by atoms with Gasteiger partial charge in [0.05, 0.1) is 5.75 Å². The van der Waals surface area contributed by atoms with Crippen LogP contribution < -0.4 is 10.6 Å². The van der Waals surface area contributed by atoms with Gasteiger partial charge in [-0.2, -0.15) is 0 Å². The van der Waals surface area contributed by atoms with Crippen molar-refractivity contribution in [2.24, 2.45) is 16.8 Å². The lowest BCUT2D eigenvalue weighted by Gasteiger charge is -2.17. The summed E-state index contributed by atoms with van der Waals surface area (Å²) in [6.07, 6.45) is 4.34. The van der Waals surface area contributed by atoms with Gasteiger partial charge in [-0.3, -0.25) is 4.99 Å². The average Bonchev–Trinajstić information content (AvgIpc) is 3.31. The highest BCUT2D eigenvalue weighted by Crippen LogP contribution is 2.59. The van der Waals surface area contributed by atoms with Crippen LogP contribution in [0.5, 0.6) is 0 Å². The number of hydrogen-bond donors (Lipinski definition) is 2. The number of guanidine groups is 1. The maximum absolute atomic E-state index is 11.3. The average molecular weight is 505 g/mol. The third-order valence-electron chi connectivity index (χ3n) is 5.60. The summed E-state index contributed by atoms with van der Waals surface area (Å²) < 4.78 is 22.7. The molecule has 0 aliphatic heterocycles. The monoisotopic (exact) mass is 505 g/mol. The number of halogens is 1. The number of aryl methyl sites for hydroxylation is 1. The summed E-state index contributed by atoms with van der Waals surface area (Å²) in [5.74, 6) is 3.09. The summed E-state index contributed by atoms with van der Waals surface area (Å²) in [6.45, 7) is 5.68. The Bertz CT molecular complexity index is 766. The highest BCUT2D eigenvalue weighted by molar-refractivity contribution is 14.0. The predicted molar refractivity (Wildman–Crippen MR) is 123 cm³/mol. The molecule has 0 radical (unpaired) electrons. The maximum Gasteiger partial charge on any atom is 0.191 e. The lowest BCUT2D eigenvalue weighted by Crippen LogP contribution is -2.43. The van der Waals surface area contributed by atoms with E-state index in [0.29, 0.717) is 18.3 Å². The fourth-order valence-electron chi connectivity index (χ4n) is 4.17. The Morgan fingerprint density at radius 2 is 2.07 bits per heavy atom. The van der Waals surface area contributed by atoms with Gasteiger partial charge in [-0.15, -0.1) is 24.0 Å². The minimum absolute atomic E-state index is 0.